The Morgan fingerprint density at radius 2 is 1.82 bits per heavy atom. The van der Waals surface area contributed by atoms with Crippen molar-refractivity contribution in [2.24, 2.45) is 0 Å². The second kappa shape index (κ2) is 6.37. The van der Waals surface area contributed by atoms with Gasteiger partial charge in [0.1, 0.15) is 0 Å². The molecule has 0 radical (unpaired) electrons. The average Bonchev–Trinajstić information content (AvgIpc) is 2.30. The van der Waals surface area contributed by atoms with Gasteiger partial charge in [-0.15, -0.1) is 0 Å². The maximum atomic E-state index is 12.0. The summed E-state index contributed by atoms with van der Waals surface area (Å²) in [5.74, 6) is 0. The third-order valence-electron chi connectivity index (χ3n) is 2.45. The Kier molecular flexibility index (Phi) is 5.42. The highest BCUT2D eigenvalue weighted by atomic mass is 79.9. The van der Waals surface area contributed by atoms with Crippen LogP contribution in [0.4, 0.5) is 5.69 Å². The minimum atomic E-state index is -3.45. The summed E-state index contributed by atoms with van der Waals surface area (Å²) in [5.41, 5.74) is 1.54. The zero-order valence-corrected chi connectivity index (χ0v) is 12.4. The first-order valence-corrected chi connectivity index (χ1v) is 8.03. The fourth-order valence-electron chi connectivity index (χ4n) is 1.50. The second-order valence-corrected chi connectivity index (χ2v) is 5.71. The highest BCUT2D eigenvalue weighted by Gasteiger charge is 2.19. The van der Waals surface area contributed by atoms with Gasteiger partial charge in [0, 0.05) is 18.4 Å². The van der Waals surface area contributed by atoms with Crippen molar-refractivity contribution < 1.29 is 8.42 Å². The molecule has 6 heteroatoms. The van der Waals surface area contributed by atoms with Crippen LogP contribution >= 0.6 is 15.9 Å². The first-order valence-electron chi connectivity index (χ1n) is 5.46. The Morgan fingerprint density at radius 1 is 1.24 bits per heavy atom. The van der Waals surface area contributed by atoms with Gasteiger partial charge in [0.2, 0.25) is 0 Å². The summed E-state index contributed by atoms with van der Waals surface area (Å²) in [4.78, 5) is 0. The van der Waals surface area contributed by atoms with E-state index in [0.29, 0.717) is 24.1 Å². The summed E-state index contributed by atoms with van der Waals surface area (Å²) >= 11 is 3.34. The Bertz CT molecular complexity index is 458. The molecule has 0 fully saturated rings. The van der Waals surface area contributed by atoms with E-state index >= 15 is 0 Å². The number of nitrogens with one attached hydrogen (secondary N) is 1. The molecule has 4 nitrogen and oxygen atoms in total. The molecule has 0 aliphatic rings. The summed E-state index contributed by atoms with van der Waals surface area (Å²) in [6.45, 7) is 4.56. The molecular formula is C11H17BrN2O2S. The molecule has 0 atom stereocenters. The quantitative estimate of drug-likeness (QED) is 0.819. The monoisotopic (exact) mass is 320 g/mol. The van der Waals surface area contributed by atoms with Gasteiger partial charge in [-0.1, -0.05) is 48.0 Å². The van der Waals surface area contributed by atoms with Gasteiger partial charge in [-0.05, 0) is 11.6 Å². The van der Waals surface area contributed by atoms with Crippen LogP contribution in [0.3, 0.4) is 0 Å². The summed E-state index contributed by atoms with van der Waals surface area (Å²) in [6, 6.07) is 7.34. The van der Waals surface area contributed by atoms with E-state index in [4.69, 9.17) is 0 Å². The third kappa shape index (κ3) is 3.69. The van der Waals surface area contributed by atoms with E-state index in [1.165, 1.54) is 4.31 Å². The summed E-state index contributed by atoms with van der Waals surface area (Å²) in [7, 11) is -3.45. The van der Waals surface area contributed by atoms with Crippen molar-refractivity contribution in [3.8, 4) is 0 Å². The summed E-state index contributed by atoms with van der Waals surface area (Å²) in [6.07, 6.45) is 0. The lowest BCUT2D eigenvalue weighted by atomic mass is 10.2. The van der Waals surface area contributed by atoms with Crippen molar-refractivity contribution in [1.82, 2.24) is 4.31 Å². The second-order valence-electron chi connectivity index (χ2n) is 3.48. The molecular weight excluding hydrogens is 304 g/mol. The average molecular weight is 321 g/mol. The number of hydrogen-bond donors (Lipinski definition) is 1. The smallest absolute Gasteiger partial charge is 0.271 e. The predicted octanol–water partition coefficient (Wildman–Crippen LogP) is 2.58. The van der Waals surface area contributed by atoms with Crippen molar-refractivity contribution in [2.75, 3.05) is 17.8 Å². The standard InChI is InChI=1S/C11H17BrN2O2S/c1-3-14(4-2)17(15,16)13-11-8-6-5-7-10(11)9-12/h5-8,13H,3-4,9H2,1-2H3. The molecule has 1 N–H and O–H groups in total. The fraction of sp³-hybridized carbons (Fsp3) is 0.455. The van der Waals surface area contributed by atoms with E-state index in [0.717, 1.165) is 5.56 Å². The Hall–Kier alpha value is -0.590. The molecule has 0 aromatic heterocycles. The van der Waals surface area contributed by atoms with Crippen LogP contribution in [0.2, 0.25) is 0 Å². The predicted molar refractivity (Wildman–Crippen MR) is 74.5 cm³/mol. The molecule has 0 amide bonds. The lowest BCUT2D eigenvalue weighted by Crippen LogP contribution is -2.35. The minimum absolute atomic E-state index is 0.461. The topological polar surface area (TPSA) is 49.4 Å². The number of nitrogens with zero attached hydrogens (tertiary/aromatic N) is 1. The van der Waals surface area contributed by atoms with E-state index in [9.17, 15) is 8.42 Å². The van der Waals surface area contributed by atoms with E-state index in [-0.39, 0.29) is 0 Å². The van der Waals surface area contributed by atoms with Gasteiger partial charge in [-0.2, -0.15) is 12.7 Å². The normalized spacial score (nSPS) is 11.8. The van der Waals surface area contributed by atoms with Gasteiger partial charge < -0.3 is 0 Å². The Balaban J connectivity index is 2.97. The van der Waals surface area contributed by atoms with Crippen LogP contribution in [0, 0.1) is 0 Å². The molecule has 0 heterocycles. The molecule has 1 rings (SSSR count). The number of rotatable bonds is 6. The van der Waals surface area contributed by atoms with Gasteiger partial charge in [-0.3, -0.25) is 4.72 Å². The van der Waals surface area contributed by atoms with Crippen LogP contribution in [0.1, 0.15) is 19.4 Å². The SMILES string of the molecule is CCN(CC)S(=O)(=O)Nc1ccccc1CBr. The number of para-hydroxylation sites is 1. The van der Waals surface area contributed by atoms with Gasteiger partial charge >= 0.3 is 10.2 Å². The van der Waals surface area contributed by atoms with Gasteiger partial charge in [0.05, 0.1) is 5.69 Å². The highest BCUT2D eigenvalue weighted by molar-refractivity contribution is 9.08. The molecule has 0 saturated carbocycles. The Morgan fingerprint density at radius 3 is 2.35 bits per heavy atom. The molecule has 0 aliphatic carbocycles. The number of halogens is 1. The van der Waals surface area contributed by atoms with Crippen LogP contribution in [0.5, 0.6) is 0 Å². The van der Waals surface area contributed by atoms with Gasteiger partial charge in [0.15, 0.2) is 0 Å². The molecule has 0 bridgehead atoms. The van der Waals surface area contributed by atoms with Crippen LogP contribution in [0.15, 0.2) is 24.3 Å². The van der Waals surface area contributed by atoms with Gasteiger partial charge in [0.25, 0.3) is 0 Å². The molecule has 96 valence electrons. The first-order chi connectivity index (χ1) is 8.05. The number of benzene rings is 1. The van der Waals surface area contributed by atoms with Crippen LogP contribution < -0.4 is 4.72 Å². The fourth-order valence-corrected chi connectivity index (χ4v) is 3.28. The van der Waals surface area contributed by atoms with E-state index in [2.05, 4.69) is 20.7 Å². The third-order valence-corrected chi connectivity index (χ3v) is 4.72. The van der Waals surface area contributed by atoms with E-state index in [1.54, 1.807) is 6.07 Å². The zero-order chi connectivity index (χ0) is 12.9. The van der Waals surface area contributed by atoms with E-state index < -0.39 is 10.2 Å². The summed E-state index contributed by atoms with van der Waals surface area (Å²) in [5, 5.41) is 0.615. The van der Waals surface area contributed by atoms with Crippen LogP contribution in [0.25, 0.3) is 0 Å². The minimum Gasteiger partial charge on any atom is -0.271 e. The van der Waals surface area contributed by atoms with Crippen molar-refractivity contribution >= 4 is 31.8 Å². The lowest BCUT2D eigenvalue weighted by Gasteiger charge is -2.20. The molecule has 1 aromatic rings. The van der Waals surface area contributed by atoms with Crippen molar-refractivity contribution in [3.05, 3.63) is 29.8 Å². The molecule has 0 unspecified atom stereocenters. The van der Waals surface area contributed by atoms with Crippen molar-refractivity contribution in [2.45, 2.75) is 19.2 Å². The number of alkyl halides is 1. The molecule has 0 spiro atoms. The lowest BCUT2D eigenvalue weighted by molar-refractivity contribution is 0.449. The zero-order valence-electron chi connectivity index (χ0n) is 9.98. The van der Waals surface area contributed by atoms with E-state index in [1.807, 2.05) is 32.0 Å². The first kappa shape index (κ1) is 14.5. The molecule has 0 aliphatic heterocycles. The Labute approximate surface area is 111 Å². The largest absolute Gasteiger partial charge is 0.301 e. The highest BCUT2D eigenvalue weighted by Crippen LogP contribution is 2.20. The molecule has 0 saturated heterocycles. The maximum Gasteiger partial charge on any atom is 0.301 e. The molecule has 17 heavy (non-hydrogen) atoms. The van der Waals surface area contributed by atoms with Crippen molar-refractivity contribution in [3.63, 3.8) is 0 Å². The van der Waals surface area contributed by atoms with Crippen molar-refractivity contribution in [1.29, 1.82) is 0 Å². The maximum absolute atomic E-state index is 12.0. The van der Waals surface area contributed by atoms with Gasteiger partial charge in [-0.25, -0.2) is 0 Å². The number of anilines is 1. The van der Waals surface area contributed by atoms with Crippen LogP contribution in [-0.4, -0.2) is 25.8 Å². The van der Waals surface area contributed by atoms with Crippen LogP contribution in [-0.2, 0) is 15.5 Å². The number of hydrogen-bond acceptors (Lipinski definition) is 2. The molecule has 1 aromatic carbocycles. The summed E-state index contributed by atoms with van der Waals surface area (Å²) < 4.78 is 28.1.